The molecule has 0 unspecified atom stereocenters. The predicted octanol–water partition coefficient (Wildman–Crippen LogP) is 0.869. The summed E-state index contributed by atoms with van der Waals surface area (Å²) in [6.45, 7) is 1.07. The number of nitrogens with zero attached hydrogens (tertiary/aromatic N) is 2. The zero-order valence-electron chi connectivity index (χ0n) is 9.55. The largest absolute Gasteiger partial charge is 0.454 e. The van der Waals surface area contributed by atoms with Crippen LogP contribution >= 0.6 is 0 Å². The van der Waals surface area contributed by atoms with Crippen LogP contribution in [0.4, 0.5) is 6.01 Å². The summed E-state index contributed by atoms with van der Waals surface area (Å²) in [6.07, 6.45) is 0. The Labute approximate surface area is 103 Å². The van der Waals surface area contributed by atoms with Crippen LogP contribution in [0.2, 0.25) is 0 Å². The van der Waals surface area contributed by atoms with Gasteiger partial charge in [-0.1, -0.05) is 11.2 Å². The van der Waals surface area contributed by atoms with E-state index in [1.165, 1.54) is 0 Å². The molecule has 18 heavy (non-hydrogen) atoms. The summed E-state index contributed by atoms with van der Waals surface area (Å²) in [5.74, 6) is 1.92. The summed E-state index contributed by atoms with van der Waals surface area (Å²) in [5.41, 5.74) is 6.41. The minimum absolute atomic E-state index is 0.235. The van der Waals surface area contributed by atoms with Gasteiger partial charge in [-0.25, -0.2) is 0 Å². The number of fused-ring (bicyclic) bond motifs is 1. The van der Waals surface area contributed by atoms with Gasteiger partial charge >= 0.3 is 6.01 Å². The summed E-state index contributed by atoms with van der Waals surface area (Å²) in [4.78, 5) is 0. The molecule has 1 aromatic carbocycles. The fourth-order valence-electron chi connectivity index (χ4n) is 1.64. The van der Waals surface area contributed by atoms with Crippen LogP contribution < -0.4 is 20.5 Å². The molecule has 1 aliphatic heterocycles. The minimum Gasteiger partial charge on any atom is -0.454 e. The molecule has 94 valence electrons. The fourth-order valence-corrected chi connectivity index (χ4v) is 1.64. The maximum Gasteiger partial charge on any atom is 0.315 e. The van der Waals surface area contributed by atoms with Gasteiger partial charge in [0, 0.05) is 6.54 Å². The van der Waals surface area contributed by atoms with Crippen molar-refractivity contribution in [3.8, 4) is 11.5 Å². The van der Waals surface area contributed by atoms with Gasteiger partial charge < -0.3 is 24.9 Å². The summed E-state index contributed by atoms with van der Waals surface area (Å²) in [5, 5.41) is 10.6. The standard InChI is InChI=1S/C11H12N4O3/c12-4-10-14-15-11(18-10)13-5-7-1-2-8-9(3-7)17-6-16-8/h1-3H,4-6,12H2,(H,13,15). The van der Waals surface area contributed by atoms with E-state index >= 15 is 0 Å². The molecule has 0 saturated carbocycles. The average molecular weight is 248 g/mol. The van der Waals surface area contributed by atoms with Gasteiger partial charge in [-0.15, -0.1) is 5.10 Å². The maximum atomic E-state index is 5.38. The molecule has 0 atom stereocenters. The van der Waals surface area contributed by atoms with E-state index in [1.54, 1.807) is 0 Å². The molecule has 0 fully saturated rings. The summed E-state index contributed by atoms with van der Waals surface area (Å²) in [6, 6.07) is 6.09. The number of nitrogens with two attached hydrogens (primary N) is 1. The van der Waals surface area contributed by atoms with E-state index in [4.69, 9.17) is 19.6 Å². The zero-order valence-corrected chi connectivity index (χ0v) is 9.55. The highest BCUT2D eigenvalue weighted by atomic mass is 16.7. The normalized spacial score (nSPS) is 12.7. The Balaban J connectivity index is 1.66. The van der Waals surface area contributed by atoms with Gasteiger partial charge in [0.25, 0.3) is 0 Å². The molecule has 1 aromatic heterocycles. The predicted molar refractivity (Wildman–Crippen MR) is 62.1 cm³/mol. The number of hydrogen-bond acceptors (Lipinski definition) is 7. The summed E-state index contributed by atoms with van der Waals surface area (Å²) in [7, 11) is 0. The van der Waals surface area contributed by atoms with Gasteiger partial charge in [-0.2, -0.15) is 0 Å². The molecule has 0 spiro atoms. The van der Waals surface area contributed by atoms with Crippen LogP contribution in [0, 0.1) is 0 Å². The van der Waals surface area contributed by atoms with E-state index in [1.807, 2.05) is 18.2 Å². The number of benzene rings is 1. The number of rotatable bonds is 4. The van der Waals surface area contributed by atoms with Crippen LogP contribution in [-0.2, 0) is 13.1 Å². The Morgan fingerprint density at radius 2 is 2.11 bits per heavy atom. The molecule has 1 aliphatic rings. The number of hydrogen-bond donors (Lipinski definition) is 2. The van der Waals surface area contributed by atoms with Crippen molar-refractivity contribution < 1.29 is 13.9 Å². The second-order valence-corrected chi connectivity index (χ2v) is 3.75. The van der Waals surface area contributed by atoms with Crippen molar-refractivity contribution in [1.82, 2.24) is 10.2 Å². The number of nitrogens with one attached hydrogen (secondary N) is 1. The summed E-state index contributed by atoms with van der Waals surface area (Å²) < 4.78 is 15.8. The van der Waals surface area contributed by atoms with E-state index in [0.29, 0.717) is 18.5 Å². The fraction of sp³-hybridized carbons (Fsp3) is 0.273. The molecule has 0 radical (unpaired) electrons. The van der Waals surface area contributed by atoms with E-state index in [2.05, 4.69) is 15.5 Å². The highest BCUT2D eigenvalue weighted by Crippen LogP contribution is 2.32. The molecule has 3 N–H and O–H groups in total. The van der Waals surface area contributed by atoms with Crippen LogP contribution in [0.15, 0.2) is 22.6 Å². The topological polar surface area (TPSA) is 95.4 Å². The lowest BCUT2D eigenvalue weighted by Crippen LogP contribution is -1.99. The molecule has 2 aromatic rings. The first-order chi connectivity index (χ1) is 8.85. The Kier molecular flexibility index (Phi) is 2.73. The lowest BCUT2D eigenvalue weighted by molar-refractivity contribution is 0.174. The van der Waals surface area contributed by atoms with Crippen molar-refractivity contribution in [2.45, 2.75) is 13.1 Å². The molecule has 0 aliphatic carbocycles. The highest BCUT2D eigenvalue weighted by molar-refractivity contribution is 5.45. The van der Waals surface area contributed by atoms with E-state index in [0.717, 1.165) is 17.1 Å². The first-order valence-corrected chi connectivity index (χ1v) is 5.50. The van der Waals surface area contributed by atoms with E-state index in [-0.39, 0.29) is 13.3 Å². The van der Waals surface area contributed by atoms with Crippen molar-refractivity contribution in [3.05, 3.63) is 29.7 Å². The second-order valence-electron chi connectivity index (χ2n) is 3.75. The van der Waals surface area contributed by atoms with Crippen LogP contribution in [0.3, 0.4) is 0 Å². The van der Waals surface area contributed by atoms with Gasteiger partial charge in [0.15, 0.2) is 11.5 Å². The first-order valence-electron chi connectivity index (χ1n) is 5.50. The Morgan fingerprint density at radius 1 is 1.22 bits per heavy atom. The molecule has 3 rings (SSSR count). The molecule has 7 heteroatoms. The minimum atomic E-state index is 0.235. The lowest BCUT2D eigenvalue weighted by atomic mass is 10.2. The van der Waals surface area contributed by atoms with Crippen LogP contribution in [-0.4, -0.2) is 17.0 Å². The number of aromatic nitrogens is 2. The third kappa shape index (κ3) is 2.07. The molecular weight excluding hydrogens is 236 g/mol. The van der Waals surface area contributed by atoms with Crippen LogP contribution in [0.5, 0.6) is 11.5 Å². The van der Waals surface area contributed by atoms with Gasteiger partial charge in [0.2, 0.25) is 12.7 Å². The van der Waals surface area contributed by atoms with Crippen LogP contribution in [0.1, 0.15) is 11.5 Å². The second kappa shape index (κ2) is 4.53. The monoisotopic (exact) mass is 248 g/mol. The third-order valence-corrected chi connectivity index (χ3v) is 2.52. The summed E-state index contributed by atoms with van der Waals surface area (Å²) >= 11 is 0. The Morgan fingerprint density at radius 3 is 2.94 bits per heavy atom. The van der Waals surface area contributed by atoms with Crippen molar-refractivity contribution in [2.24, 2.45) is 5.73 Å². The zero-order chi connectivity index (χ0) is 12.4. The third-order valence-electron chi connectivity index (χ3n) is 2.52. The molecule has 0 saturated heterocycles. The van der Waals surface area contributed by atoms with Crippen molar-refractivity contribution in [1.29, 1.82) is 0 Å². The van der Waals surface area contributed by atoms with Crippen molar-refractivity contribution >= 4 is 6.01 Å². The highest BCUT2D eigenvalue weighted by Gasteiger charge is 2.13. The van der Waals surface area contributed by atoms with E-state index in [9.17, 15) is 0 Å². The Bertz CT molecular complexity index is 555. The van der Waals surface area contributed by atoms with Gasteiger partial charge in [-0.3, -0.25) is 0 Å². The van der Waals surface area contributed by atoms with Crippen molar-refractivity contribution in [2.75, 3.05) is 12.1 Å². The molecule has 0 bridgehead atoms. The van der Waals surface area contributed by atoms with E-state index < -0.39 is 0 Å². The number of anilines is 1. The van der Waals surface area contributed by atoms with Gasteiger partial charge in [0.1, 0.15) is 0 Å². The quantitative estimate of drug-likeness (QED) is 0.828. The molecule has 2 heterocycles. The number of ether oxygens (including phenoxy) is 2. The van der Waals surface area contributed by atoms with Gasteiger partial charge in [-0.05, 0) is 17.7 Å². The molecule has 7 nitrogen and oxygen atoms in total. The van der Waals surface area contributed by atoms with Crippen molar-refractivity contribution in [3.63, 3.8) is 0 Å². The van der Waals surface area contributed by atoms with Crippen LogP contribution in [0.25, 0.3) is 0 Å². The van der Waals surface area contributed by atoms with Gasteiger partial charge in [0.05, 0.1) is 6.54 Å². The average Bonchev–Trinajstić information content (AvgIpc) is 3.04. The molecule has 0 amide bonds. The first kappa shape index (κ1) is 10.8. The maximum absolute atomic E-state index is 5.38. The molecular formula is C11H12N4O3. The smallest absolute Gasteiger partial charge is 0.315 e. The Hall–Kier alpha value is -2.28. The lowest BCUT2D eigenvalue weighted by Gasteiger charge is -2.03. The SMILES string of the molecule is NCc1nnc(NCc2ccc3c(c2)OCO3)o1.